The summed E-state index contributed by atoms with van der Waals surface area (Å²) >= 11 is 7.69. The molecule has 3 rings (SSSR count). The molecule has 0 saturated carbocycles. The summed E-state index contributed by atoms with van der Waals surface area (Å²) in [4.78, 5) is 0. The maximum absolute atomic E-state index is 6.06. The third kappa shape index (κ3) is 5.15. The van der Waals surface area contributed by atoms with E-state index >= 15 is 0 Å². The second kappa shape index (κ2) is 9.11. The topological polar surface area (TPSA) is 39.9 Å². The van der Waals surface area contributed by atoms with Crippen molar-refractivity contribution in [3.63, 3.8) is 0 Å². The van der Waals surface area contributed by atoms with E-state index in [2.05, 4.69) is 35.8 Å². The Hall–Kier alpha value is -2.24. The zero-order valence-corrected chi connectivity index (χ0v) is 17.1. The highest BCUT2D eigenvalue weighted by Crippen LogP contribution is 2.25. The summed E-state index contributed by atoms with van der Waals surface area (Å²) in [6, 6.07) is 14.0. The molecule has 0 fully saturated rings. The number of allylic oxidation sites excluding steroid dienone is 1. The molecule has 0 saturated heterocycles. The van der Waals surface area contributed by atoms with Crippen LogP contribution in [-0.2, 0) is 18.9 Å². The van der Waals surface area contributed by atoms with Crippen LogP contribution in [0.25, 0.3) is 0 Å². The zero-order valence-electron chi connectivity index (χ0n) is 15.5. The normalized spacial score (nSPS) is 10.8. The van der Waals surface area contributed by atoms with Gasteiger partial charge in [-0.1, -0.05) is 59.3 Å². The molecule has 0 unspecified atom stereocenters. The lowest BCUT2D eigenvalue weighted by molar-refractivity contribution is 0.287. The molecule has 140 valence electrons. The Morgan fingerprint density at radius 1 is 1.19 bits per heavy atom. The fourth-order valence-corrected chi connectivity index (χ4v) is 3.85. The van der Waals surface area contributed by atoms with Gasteiger partial charge in [0.05, 0.1) is 0 Å². The molecule has 1 heterocycles. The van der Waals surface area contributed by atoms with Gasteiger partial charge in [0, 0.05) is 17.3 Å². The van der Waals surface area contributed by atoms with Gasteiger partial charge < -0.3 is 4.74 Å². The van der Waals surface area contributed by atoms with Gasteiger partial charge in [0.25, 0.3) is 0 Å². The van der Waals surface area contributed by atoms with Crippen molar-refractivity contribution in [2.24, 2.45) is 0 Å². The number of halogens is 1. The lowest BCUT2D eigenvalue weighted by atomic mass is 10.1. The third-order valence-corrected chi connectivity index (χ3v) is 5.32. The Morgan fingerprint density at radius 3 is 2.78 bits per heavy atom. The van der Waals surface area contributed by atoms with Crippen LogP contribution in [0.4, 0.5) is 0 Å². The lowest BCUT2D eigenvalue weighted by Gasteiger charge is -2.11. The number of ether oxygens (including phenoxy) is 1. The quantitative estimate of drug-likeness (QED) is 0.365. The maximum atomic E-state index is 6.06. The van der Waals surface area contributed by atoms with Gasteiger partial charge in [-0.25, -0.2) is 0 Å². The van der Waals surface area contributed by atoms with E-state index in [4.69, 9.17) is 16.3 Å². The summed E-state index contributed by atoms with van der Waals surface area (Å²) in [7, 11) is 0. The first-order valence-corrected chi connectivity index (χ1v) is 10.0. The minimum atomic E-state index is 0.364. The van der Waals surface area contributed by atoms with Gasteiger partial charge in [0.15, 0.2) is 11.0 Å². The molecule has 6 heteroatoms. The molecule has 0 aliphatic carbocycles. The number of aryl methyl sites for hydroxylation is 2. The van der Waals surface area contributed by atoms with Crippen molar-refractivity contribution in [3.05, 3.63) is 82.7 Å². The largest absolute Gasteiger partial charge is 0.485 e. The summed E-state index contributed by atoms with van der Waals surface area (Å²) in [5.41, 5.74) is 3.48. The molecule has 0 bridgehead atoms. The molecule has 0 N–H and O–H groups in total. The average molecular weight is 400 g/mol. The maximum Gasteiger partial charge on any atom is 0.191 e. The van der Waals surface area contributed by atoms with Gasteiger partial charge in [-0.15, -0.1) is 16.8 Å². The van der Waals surface area contributed by atoms with Gasteiger partial charge in [0.2, 0.25) is 0 Å². The Balaban J connectivity index is 1.71. The van der Waals surface area contributed by atoms with E-state index in [0.29, 0.717) is 13.2 Å². The predicted octanol–water partition coefficient (Wildman–Crippen LogP) is 5.61. The number of nitrogens with zero attached hydrogens (tertiary/aromatic N) is 3. The second-order valence-corrected chi connectivity index (χ2v) is 7.65. The van der Waals surface area contributed by atoms with E-state index in [0.717, 1.165) is 38.6 Å². The standard InChI is InChI=1S/C21H22ClN3OS/c1-4-10-25-20(13-26-19-9-8-15(2)11-16(19)3)23-24-21(25)27-14-17-6-5-7-18(22)12-17/h4-9,11-12H,1,10,13-14H2,2-3H3. The summed E-state index contributed by atoms with van der Waals surface area (Å²) in [6.45, 7) is 8.96. The molecule has 3 aromatic rings. The molecule has 0 radical (unpaired) electrons. The van der Waals surface area contributed by atoms with Crippen molar-refractivity contribution in [2.75, 3.05) is 0 Å². The van der Waals surface area contributed by atoms with Crippen LogP contribution in [0.15, 0.2) is 60.3 Å². The molecule has 0 aliphatic heterocycles. The van der Waals surface area contributed by atoms with Crippen molar-refractivity contribution < 1.29 is 4.74 Å². The molecule has 2 aromatic carbocycles. The summed E-state index contributed by atoms with van der Waals surface area (Å²) in [6.07, 6.45) is 1.84. The molecule has 1 aromatic heterocycles. The van der Waals surface area contributed by atoms with Gasteiger partial charge >= 0.3 is 0 Å². The van der Waals surface area contributed by atoms with Crippen LogP contribution in [0.5, 0.6) is 5.75 Å². The average Bonchev–Trinajstić information content (AvgIpc) is 3.01. The molecular formula is C21H22ClN3OS. The summed E-state index contributed by atoms with van der Waals surface area (Å²) in [5.74, 6) is 2.42. The fourth-order valence-electron chi connectivity index (χ4n) is 2.72. The minimum absolute atomic E-state index is 0.364. The number of hydrogen-bond acceptors (Lipinski definition) is 4. The molecule has 0 spiro atoms. The molecule has 27 heavy (non-hydrogen) atoms. The molecular weight excluding hydrogens is 378 g/mol. The van der Waals surface area contributed by atoms with Crippen LogP contribution >= 0.6 is 23.4 Å². The van der Waals surface area contributed by atoms with E-state index in [-0.39, 0.29) is 0 Å². The molecule has 0 atom stereocenters. The van der Waals surface area contributed by atoms with Gasteiger partial charge in [0.1, 0.15) is 12.4 Å². The monoisotopic (exact) mass is 399 g/mol. The fraction of sp³-hybridized carbons (Fsp3) is 0.238. The summed E-state index contributed by atoms with van der Waals surface area (Å²) in [5, 5.41) is 10.2. The first-order chi connectivity index (χ1) is 13.1. The zero-order chi connectivity index (χ0) is 19.2. The number of hydrogen-bond donors (Lipinski definition) is 0. The molecule has 0 amide bonds. The van der Waals surface area contributed by atoms with E-state index in [1.807, 2.05) is 47.9 Å². The van der Waals surface area contributed by atoms with E-state index in [1.165, 1.54) is 5.56 Å². The first kappa shape index (κ1) is 19.5. The van der Waals surface area contributed by atoms with Crippen molar-refractivity contribution in [2.45, 2.75) is 37.9 Å². The van der Waals surface area contributed by atoms with E-state index in [9.17, 15) is 0 Å². The summed E-state index contributed by atoms with van der Waals surface area (Å²) < 4.78 is 8.01. The van der Waals surface area contributed by atoms with Crippen molar-refractivity contribution in [1.82, 2.24) is 14.8 Å². The van der Waals surface area contributed by atoms with Crippen molar-refractivity contribution in [1.29, 1.82) is 0 Å². The molecule has 0 aliphatic rings. The third-order valence-electron chi connectivity index (χ3n) is 4.05. The van der Waals surface area contributed by atoms with Crippen molar-refractivity contribution >= 4 is 23.4 Å². The van der Waals surface area contributed by atoms with Crippen LogP contribution in [-0.4, -0.2) is 14.8 Å². The van der Waals surface area contributed by atoms with Crippen LogP contribution in [0.3, 0.4) is 0 Å². The van der Waals surface area contributed by atoms with Crippen molar-refractivity contribution in [3.8, 4) is 5.75 Å². The van der Waals surface area contributed by atoms with Gasteiger partial charge in [-0.2, -0.15) is 0 Å². The van der Waals surface area contributed by atoms with Crippen LogP contribution in [0.2, 0.25) is 5.02 Å². The number of aromatic nitrogens is 3. The van der Waals surface area contributed by atoms with Crippen LogP contribution in [0.1, 0.15) is 22.5 Å². The lowest BCUT2D eigenvalue weighted by Crippen LogP contribution is -2.08. The van der Waals surface area contributed by atoms with Gasteiger partial charge in [-0.05, 0) is 43.2 Å². The first-order valence-electron chi connectivity index (χ1n) is 8.67. The number of benzene rings is 2. The van der Waals surface area contributed by atoms with E-state index < -0.39 is 0 Å². The predicted molar refractivity (Wildman–Crippen MR) is 111 cm³/mol. The van der Waals surface area contributed by atoms with Crippen LogP contribution in [0, 0.1) is 13.8 Å². The minimum Gasteiger partial charge on any atom is -0.485 e. The Morgan fingerprint density at radius 2 is 2.04 bits per heavy atom. The highest BCUT2D eigenvalue weighted by Gasteiger charge is 2.13. The Bertz CT molecular complexity index is 939. The Kier molecular flexibility index (Phi) is 6.58. The molecule has 4 nitrogen and oxygen atoms in total. The highest BCUT2D eigenvalue weighted by molar-refractivity contribution is 7.98. The number of thioether (sulfide) groups is 1. The smallest absolute Gasteiger partial charge is 0.191 e. The highest BCUT2D eigenvalue weighted by atomic mass is 35.5. The second-order valence-electron chi connectivity index (χ2n) is 6.27. The van der Waals surface area contributed by atoms with Gasteiger partial charge in [-0.3, -0.25) is 4.57 Å². The van der Waals surface area contributed by atoms with E-state index in [1.54, 1.807) is 11.8 Å². The Labute approximate surface area is 169 Å². The number of rotatable bonds is 8. The van der Waals surface area contributed by atoms with Crippen LogP contribution < -0.4 is 4.74 Å². The SMILES string of the molecule is C=CCn1c(COc2ccc(C)cc2C)nnc1SCc1cccc(Cl)c1.